The Kier molecular flexibility index (Phi) is 5.47. The smallest absolute Gasteiger partial charge is 0.410 e. The molecule has 0 heterocycles. The maximum Gasteiger partial charge on any atom is 0.412 e. The molecule has 0 spiro atoms. The summed E-state index contributed by atoms with van der Waals surface area (Å²) in [6, 6.07) is 26.1. The Balaban J connectivity index is 1.47. The van der Waals surface area contributed by atoms with Gasteiger partial charge in [0.05, 0.1) is 0 Å². The van der Waals surface area contributed by atoms with Crippen LogP contribution >= 0.6 is 0 Å². The molecule has 1 amide bonds. The van der Waals surface area contributed by atoms with Crippen LogP contribution in [0.3, 0.4) is 0 Å². The van der Waals surface area contributed by atoms with Crippen LogP contribution in [0.15, 0.2) is 78.9 Å². The summed E-state index contributed by atoms with van der Waals surface area (Å²) in [5, 5.41) is 2.78. The lowest BCUT2D eigenvalue weighted by Gasteiger charge is -2.08. The second kappa shape index (κ2) is 8.15. The molecule has 0 aliphatic carbocycles. The van der Waals surface area contributed by atoms with Crippen molar-refractivity contribution in [1.29, 1.82) is 0 Å². The molecule has 0 saturated carbocycles. The van der Waals surface area contributed by atoms with Crippen molar-refractivity contribution in [3.63, 3.8) is 0 Å². The van der Waals surface area contributed by atoms with Gasteiger partial charge in [-0.3, -0.25) is 0 Å². The van der Waals surface area contributed by atoms with Gasteiger partial charge >= 0.3 is 6.09 Å². The van der Waals surface area contributed by atoms with Gasteiger partial charge in [0.2, 0.25) is 0 Å². The quantitative estimate of drug-likeness (QED) is 0.715. The fourth-order valence-corrected chi connectivity index (χ4v) is 2.55. The molecule has 3 aromatic carbocycles. The summed E-state index contributed by atoms with van der Waals surface area (Å²) >= 11 is 0. The number of benzene rings is 3. The van der Waals surface area contributed by atoms with Crippen LogP contribution in [0.4, 0.5) is 4.79 Å². The molecule has 0 aromatic heterocycles. The van der Waals surface area contributed by atoms with E-state index in [4.69, 9.17) is 4.74 Å². The van der Waals surface area contributed by atoms with E-state index in [-0.39, 0.29) is 0 Å². The molecule has 0 radical (unpaired) electrons. The third-order valence-corrected chi connectivity index (χ3v) is 3.98. The molecule has 126 valence electrons. The van der Waals surface area contributed by atoms with Gasteiger partial charge in [-0.25, -0.2) is 4.79 Å². The van der Waals surface area contributed by atoms with E-state index in [1.54, 1.807) is 12.1 Å². The number of ether oxygens (including phenoxy) is 1. The highest BCUT2D eigenvalue weighted by atomic mass is 16.5. The second-order valence-electron chi connectivity index (χ2n) is 5.94. The summed E-state index contributed by atoms with van der Waals surface area (Å²) in [6.45, 7) is 2.53. The van der Waals surface area contributed by atoms with E-state index < -0.39 is 6.09 Å². The van der Waals surface area contributed by atoms with Gasteiger partial charge in [-0.2, -0.15) is 0 Å². The minimum absolute atomic E-state index is 0.426. The van der Waals surface area contributed by atoms with Crippen molar-refractivity contribution in [3.8, 4) is 16.9 Å². The number of hydrogen-bond acceptors (Lipinski definition) is 2. The Morgan fingerprint density at radius 1 is 0.840 bits per heavy atom. The van der Waals surface area contributed by atoms with E-state index in [1.807, 2.05) is 37.3 Å². The van der Waals surface area contributed by atoms with E-state index in [9.17, 15) is 4.79 Å². The standard InChI is InChI=1S/C22H21NO2/c1-17-7-13-21(14-8-17)25-22(24)23-16-15-18-9-11-20(12-10-18)19-5-3-2-4-6-19/h2-14H,15-16H2,1H3,(H,23,24). The van der Waals surface area contributed by atoms with Crippen molar-refractivity contribution < 1.29 is 9.53 Å². The van der Waals surface area contributed by atoms with E-state index in [0.717, 1.165) is 12.0 Å². The van der Waals surface area contributed by atoms with Crippen LogP contribution < -0.4 is 10.1 Å². The van der Waals surface area contributed by atoms with Crippen molar-refractivity contribution in [2.75, 3.05) is 6.54 Å². The van der Waals surface area contributed by atoms with E-state index in [2.05, 4.69) is 41.7 Å². The minimum atomic E-state index is -0.426. The number of carbonyl (C=O) groups excluding carboxylic acids is 1. The number of hydrogen-bond donors (Lipinski definition) is 1. The first-order valence-corrected chi connectivity index (χ1v) is 8.37. The first-order valence-electron chi connectivity index (χ1n) is 8.37. The highest BCUT2D eigenvalue weighted by molar-refractivity contribution is 5.70. The first kappa shape index (κ1) is 16.8. The number of rotatable bonds is 5. The molecule has 25 heavy (non-hydrogen) atoms. The maximum atomic E-state index is 11.8. The first-order chi connectivity index (χ1) is 12.2. The molecule has 0 fully saturated rings. The monoisotopic (exact) mass is 331 g/mol. The zero-order valence-corrected chi connectivity index (χ0v) is 14.2. The molecule has 0 saturated heterocycles. The van der Waals surface area contributed by atoms with Crippen LogP contribution in [0.25, 0.3) is 11.1 Å². The number of amides is 1. The van der Waals surface area contributed by atoms with Gasteiger partial charge < -0.3 is 10.1 Å². The lowest BCUT2D eigenvalue weighted by atomic mass is 10.0. The molecule has 3 nitrogen and oxygen atoms in total. The summed E-state index contributed by atoms with van der Waals surface area (Å²) in [6.07, 6.45) is 0.336. The number of carbonyl (C=O) groups is 1. The van der Waals surface area contributed by atoms with Gasteiger partial charge in [0.1, 0.15) is 5.75 Å². The zero-order chi connectivity index (χ0) is 17.5. The Morgan fingerprint density at radius 3 is 2.16 bits per heavy atom. The van der Waals surface area contributed by atoms with Gasteiger partial charge in [0.25, 0.3) is 0 Å². The Bertz CT molecular complexity index is 809. The lowest BCUT2D eigenvalue weighted by molar-refractivity contribution is 0.200. The fraction of sp³-hybridized carbons (Fsp3) is 0.136. The van der Waals surface area contributed by atoms with E-state index in [0.29, 0.717) is 12.3 Å². The van der Waals surface area contributed by atoms with Gasteiger partial charge in [-0.05, 0) is 42.2 Å². The van der Waals surface area contributed by atoms with Crippen molar-refractivity contribution in [2.24, 2.45) is 0 Å². The number of aryl methyl sites for hydroxylation is 1. The summed E-state index contributed by atoms with van der Waals surface area (Å²) in [4.78, 5) is 11.8. The average molecular weight is 331 g/mol. The van der Waals surface area contributed by atoms with Gasteiger partial charge in [0.15, 0.2) is 0 Å². The highest BCUT2D eigenvalue weighted by Gasteiger charge is 2.04. The predicted molar refractivity (Wildman–Crippen MR) is 101 cm³/mol. The van der Waals surface area contributed by atoms with Gasteiger partial charge in [-0.1, -0.05) is 72.3 Å². The predicted octanol–water partition coefficient (Wildman–Crippen LogP) is 4.99. The summed E-state index contributed by atoms with van der Waals surface area (Å²) in [5.41, 5.74) is 4.70. The van der Waals surface area contributed by atoms with Crippen molar-refractivity contribution in [1.82, 2.24) is 5.32 Å². The van der Waals surface area contributed by atoms with Crippen LogP contribution in [0.5, 0.6) is 5.75 Å². The fourth-order valence-electron chi connectivity index (χ4n) is 2.55. The second-order valence-corrected chi connectivity index (χ2v) is 5.94. The van der Waals surface area contributed by atoms with E-state index in [1.165, 1.54) is 16.7 Å². The molecule has 0 aliphatic heterocycles. The third kappa shape index (κ3) is 4.95. The van der Waals surface area contributed by atoms with Crippen LogP contribution in [0, 0.1) is 6.92 Å². The minimum Gasteiger partial charge on any atom is -0.410 e. The van der Waals surface area contributed by atoms with E-state index >= 15 is 0 Å². The third-order valence-electron chi connectivity index (χ3n) is 3.98. The van der Waals surface area contributed by atoms with Crippen LogP contribution in [0.2, 0.25) is 0 Å². The Morgan fingerprint density at radius 2 is 1.48 bits per heavy atom. The van der Waals surface area contributed by atoms with Crippen LogP contribution in [-0.4, -0.2) is 12.6 Å². The van der Waals surface area contributed by atoms with Crippen molar-refractivity contribution in [2.45, 2.75) is 13.3 Å². The van der Waals surface area contributed by atoms with Crippen molar-refractivity contribution >= 4 is 6.09 Å². The molecule has 3 rings (SSSR count). The lowest BCUT2D eigenvalue weighted by Crippen LogP contribution is -2.28. The van der Waals surface area contributed by atoms with Gasteiger partial charge in [0, 0.05) is 6.54 Å². The van der Waals surface area contributed by atoms with Gasteiger partial charge in [-0.15, -0.1) is 0 Å². The maximum absolute atomic E-state index is 11.8. The molecular weight excluding hydrogens is 310 g/mol. The summed E-state index contributed by atoms with van der Waals surface area (Å²) in [7, 11) is 0. The Labute approximate surface area is 148 Å². The zero-order valence-electron chi connectivity index (χ0n) is 14.2. The average Bonchev–Trinajstić information content (AvgIpc) is 2.65. The van der Waals surface area contributed by atoms with Crippen LogP contribution in [-0.2, 0) is 6.42 Å². The molecular formula is C22H21NO2. The molecule has 0 unspecified atom stereocenters. The largest absolute Gasteiger partial charge is 0.412 e. The normalized spacial score (nSPS) is 10.3. The molecule has 0 atom stereocenters. The number of nitrogens with one attached hydrogen (secondary N) is 1. The molecule has 1 N–H and O–H groups in total. The molecule has 0 bridgehead atoms. The molecule has 3 heteroatoms. The van der Waals surface area contributed by atoms with Crippen LogP contribution in [0.1, 0.15) is 11.1 Å². The molecule has 0 aliphatic rings. The summed E-state index contributed by atoms with van der Waals surface area (Å²) in [5.74, 6) is 0.551. The SMILES string of the molecule is Cc1ccc(OC(=O)NCCc2ccc(-c3ccccc3)cc2)cc1. The van der Waals surface area contributed by atoms with Crippen molar-refractivity contribution in [3.05, 3.63) is 90.0 Å². The Hall–Kier alpha value is -3.07. The highest BCUT2D eigenvalue weighted by Crippen LogP contribution is 2.19. The summed E-state index contributed by atoms with van der Waals surface area (Å²) < 4.78 is 5.23. The molecule has 3 aromatic rings. The topological polar surface area (TPSA) is 38.3 Å².